The molecule has 0 unspecified atom stereocenters. The van der Waals surface area contributed by atoms with E-state index in [9.17, 15) is 14.7 Å². The summed E-state index contributed by atoms with van der Waals surface area (Å²) < 4.78 is 24.2. The minimum atomic E-state index is -1.79. The van der Waals surface area contributed by atoms with Crippen molar-refractivity contribution in [2.75, 3.05) is 26.9 Å². The van der Waals surface area contributed by atoms with Crippen LogP contribution in [0.25, 0.3) is 0 Å². The maximum atomic E-state index is 14.7. The lowest BCUT2D eigenvalue weighted by molar-refractivity contribution is -0.303. The lowest BCUT2D eigenvalue weighted by Gasteiger charge is -2.52. The molecule has 8 heteroatoms. The zero-order chi connectivity index (χ0) is 27.4. The molecule has 8 nitrogen and oxygen atoms in total. The Bertz CT molecular complexity index is 1100. The van der Waals surface area contributed by atoms with Crippen LogP contribution in [0.3, 0.4) is 0 Å². The molecule has 2 aliphatic heterocycles. The number of hydrogen-bond donors (Lipinski definition) is 1. The van der Waals surface area contributed by atoms with Crippen molar-refractivity contribution in [2.45, 2.75) is 90.4 Å². The molecule has 38 heavy (non-hydrogen) atoms. The van der Waals surface area contributed by atoms with E-state index in [0.29, 0.717) is 24.7 Å². The molecule has 2 heterocycles. The van der Waals surface area contributed by atoms with E-state index in [-0.39, 0.29) is 41.6 Å². The first-order valence-corrected chi connectivity index (χ1v) is 14.3. The zero-order valence-electron chi connectivity index (χ0n) is 23.8. The van der Waals surface area contributed by atoms with Gasteiger partial charge in [-0.3, -0.25) is 4.79 Å². The zero-order valence-corrected chi connectivity index (χ0v) is 23.8. The second-order valence-electron chi connectivity index (χ2n) is 13.7. The average Bonchev–Trinajstić information content (AvgIpc) is 3.36. The van der Waals surface area contributed by atoms with Crippen LogP contribution in [0.2, 0.25) is 0 Å². The summed E-state index contributed by atoms with van der Waals surface area (Å²) in [6.45, 7) is 13.5. The molecular formula is C30H43NO7. The lowest BCUT2D eigenvalue weighted by atomic mass is 9.59. The smallest absolute Gasteiger partial charge is 0.410 e. The molecule has 6 rings (SSSR count). The van der Waals surface area contributed by atoms with Gasteiger partial charge in [0, 0.05) is 32.2 Å². The Hall–Kier alpha value is -1.74. The lowest BCUT2D eigenvalue weighted by Crippen LogP contribution is -2.68. The van der Waals surface area contributed by atoms with Gasteiger partial charge in [-0.1, -0.05) is 32.9 Å². The minimum absolute atomic E-state index is 0.00514. The van der Waals surface area contributed by atoms with Crippen LogP contribution in [0.5, 0.6) is 0 Å². The second kappa shape index (κ2) is 8.38. The van der Waals surface area contributed by atoms with E-state index < -0.39 is 35.1 Å². The number of Topliss-reactive ketones (excluding diaryl/α,β-unsaturated/α-hetero) is 1. The van der Waals surface area contributed by atoms with Gasteiger partial charge in [0.25, 0.3) is 0 Å². The SMILES string of the molecule is CC1=C[C@]23C(=O)[C@@H](C=C4COC(C)(C)O[C@H]4[C@]2(O)[C@H]1OC(=O)N(C)C1CCOCC1)[C@H]1[C@@H](C[C@H]3C)C1(C)C. The maximum absolute atomic E-state index is 14.7. The van der Waals surface area contributed by atoms with Crippen LogP contribution >= 0.6 is 0 Å². The summed E-state index contributed by atoms with van der Waals surface area (Å²) in [6, 6.07) is 0.00514. The third-order valence-corrected chi connectivity index (χ3v) is 10.9. The highest BCUT2D eigenvalue weighted by Gasteiger charge is 2.77. The van der Waals surface area contributed by atoms with Gasteiger partial charge in [-0.25, -0.2) is 4.79 Å². The highest BCUT2D eigenvalue weighted by molar-refractivity contribution is 5.95. The summed E-state index contributed by atoms with van der Waals surface area (Å²) in [5.41, 5.74) is -1.50. The summed E-state index contributed by atoms with van der Waals surface area (Å²) in [5.74, 6) is -0.857. The quantitative estimate of drug-likeness (QED) is 0.543. The van der Waals surface area contributed by atoms with Crippen molar-refractivity contribution in [2.24, 2.45) is 34.5 Å². The molecular weight excluding hydrogens is 486 g/mol. The van der Waals surface area contributed by atoms with Crippen LogP contribution in [-0.4, -0.2) is 78.4 Å². The van der Waals surface area contributed by atoms with E-state index in [2.05, 4.69) is 20.8 Å². The van der Waals surface area contributed by atoms with Gasteiger partial charge in [0.05, 0.1) is 12.0 Å². The molecule has 8 atom stereocenters. The monoisotopic (exact) mass is 529 g/mol. The predicted octanol–water partition coefficient (Wildman–Crippen LogP) is 3.87. The molecule has 6 aliphatic rings. The topological polar surface area (TPSA) is 94.5 Å². The number of hydrogen-bond acceptors (Lipinski definition) is 7. The van der Waals surface area contributed by atoms with Crippen molar-refractivity contribution >= 4 is 11.9 Å². The number of carbonyl (C=O) groups is 2. The number of carbonyl (C=O) groups excluding carboxylic acids is 2. The molecule has 0 aromatic heterocycles. The fourth-order valence-electron chi connectivity index (χ4n) is 8.71. The molecule has 210 valence electrons. The number of amides is 1. The number of rotatable bonds is 2. The molecule has 0 aromatic rings. The van der Waals surface area contributed by atoms with Gasteiger partial charge in [-0.15, -0.1) is 0 Å². The Labute approximate surface area is 225 Å². The summed E-state index contributed by atoms with van der Waals surface area (Å²) in [6.07, 6.45) is 3.88. The first-order valence-electron chi connectivity index (χ1n) is 14.3. The molecule has 2 saturated heterocycles. The van der Waals surface area contributed by atoms with Gasteiger partial charge >= 0.3 is 6.09 Å². The number of ketones is 1. The van der Waals surface area contributed by atoms with E-state index in [1.165, 1.54) is 0 Å². The van der Waals surface area contributed by atoms with Crippen molar-refractivity contribution in [1.29, 1.82) is 0 Å². The Balaban J connectivity index is 1.45. The Morgan fingerprint density at radius 3 is 2.55 bits per heavy atom. The third-order valence-electron chi connectivity index (χ3n) is 10.9. The van der Waals surface area contributed by atoms with Crippen LogP contribution in [0.4, 0.5) is 4.79 Å². The molecule has 2 saturated carbocycles. The van der Waals surface area contributed by atoms with Gasteiger partial charge in [0.1, 0.15) is 6.10 Å². The van der Waals surface area contributed by atoms with Crippen molar-refractivity contribution < 1.29 is 33.6 Å². The molecule has 4 fully saturated rings. The second-order valence-corrected chi connectivity index (χ2v) is 13.7. The maximum Gasteiger partial charge on any atom is 0.410 e. The molecule has 1 spiro atoms. The molecule has 0 aromatic carbocycles. The predicted molar refractivity (Wildman–Crippen MR) is 139 cm³/mol. The van der Waals surface area contributed by atoms with Gasteiger partial charge in [-0.2, -0.15) is 0 Å². The Kier molecular flexibility index (Phi) is 5.84. The Morgan fingerprint density at radius 2 is 1.87 bits per heavy atom. The van der Waals surface area contributed by atoms with E-state index in [1.54, 1.807) is 11.9 Å². The van der Waals surface area contributed by atoms with E-state index in [0.717, 1.165) is 24.8 Å². The molecule has 0 radical (unpaired) electrons. The van der Waals surface area contributed by atoms with Crippen molar-refractivity contribution in [3.05, 3.63) is 23.3 Å². The fourth-order valence-corrected chi connectivity index (χ4v) is 8.71. The first kappa shape index (κ1) is 26.5. The number of fused-ring (bicyclic) bond motifs is 5. The van der Waals surface area contributed by atoms with Crippen LogP contribution in [-0.2, 0) is 23.7 Å². The van der Waals surface area contributed by atoms with Crippen LogP contribution in [0.15, 0.2) is 23.3 Å². The number of aliphatic hydroxyl groups is 1. The third kappa shape index (κ3) is 3.42. The van der Waals surface area contributed by atoms with Crippen LogP contribution in [0, 0.1) is 34.5 Å². The van der Waals surface area contributed by atoms with Crippen LogP contribution < -0.4 is 0 Å². The van der Waals surface area contributed by atoms with Gasteiger partial charge in [0.15, 0.2) is 23.3 Å². The van der Waals surface area contributed by atoms with Crippen LogP contribution in [0.1, 0.15) is 60.8 Å². The van der Waals surface area contributed by atoms with Gasteiger partial charge < -0.3 is 29.0 Å². The molecule has 4 aliphatic carbocycles. The molecule has 2 bridgehead atoms. The number of ether oxygens (including phenoxy) is 4. The average molecular weight is 530 g/mol. The number of nitrogens with zero attached hydrogens (tertiary/aromatic N) is 1. The van der Waals surface area contributed by atoms with E-state index >= 15 is 0 Å². The largest absolute Gasteiger partial charge is 0.438 e. The summed E-state index contributed by atoms with van der Waals surface area (Å²) in [4.78, 5) is 29.9. The number of allylic oxidation sites excluding steroid dienone is 1. The standard InChI is InChI=1S/C30H43NO7/c1-16-14-29-17(2)12-21-22(27(21,3)4)20(23(29)32)13-18-15-36-28(5,6)38-25(18)30(29,34)24(16)37-26(33)31(7)19-8-10-35-11-9-19/h13-14,17,19-22,24-25,34H,8-12,15H2,1-7H3/t17-,20+,21-,22+,24+,25-,29+,30-/m1/s1. The van der Waals surface area contributed by atoms with E-state index in [4.69, 9.17) is 18.9 Å². The van der Waals surface area contributed by atoms with E-state index in [1.807, 2.05) is 32.9 Å². The molecule has 1 N–H and O–H groups in total. The summed E-state index contributed by atoms with van der Waals surface area (Å²) in [7, 11) is 1.74. The minimum Gasteiger partial charge on any atom is -0.438 e. The van der Waals surface area contributed by atoms with Crippen molar-refractivity contribution in [1.82, 2.24) is 4.90 Å². The normalized spacial score (nSPS) is 44.9. The van der Waals surface area contributed by atoms with Crippen molar-refractivity contribution in [3.63, 3.8) is 0 Å². The molecule has 1 amide bonds. The summed E-state index contributed by atoms with van der Waals surface area (Å²) >= 11 is 0. The summed E-state index contributed by atoms with van der Waals surface area (Å²) in [5, 5.41) is 13.1. The Morgan fingerprint density at radius 1 is 1.18 bits per heavy atom. The van der Waals surface area contributed by atoms with Gasteiger partial charge in [0.2, 0.25) is 0 Å². The van der Waals surface area contributed by atoms with Gasteiger partial charge in [-0.05, 0) is 74.3 Å². The highest BCUT2D eigenvalue weighted by Crippen LogP contribution is 2.72. The van der Waals surface area contributed by atoms with Crippen molar-refractivity contribution in [3.8, 4) is 0 Å². The fraction of sp³-hybridized carbons (Fsp3) is 0.800. The highest BCUT2D eigenvalue weighted by atomic mass is 16.7. The first-order chi connectivity index (χ1) is 17.8.